The first-order valence-corrected chi connectivity index (χ1v) is 5.86. The van der Waals surface area contributed by atoms with Crippen LogP contribution in [0, 0.1) is 0 Å². The number of rotatable bonds is 2. The molecule has 1 aromatic carbocycles. The average molecular weight is 307 g/mol. The predicted molar refractivity (Wildman–Crippen MR) is 64.2 cm³/mol. The van der Waals surface area contributed by atoms with Gasteiger partial charge in [0.05, 0.1) is 11.6 Å². The molecule has 0 fully saturated rings. The van der Waals surface area contributed by atoms with Gasteiger partial charge in [0.25, 0.3) is 0 Å². The van der Waals surface area contributed by atoms with Crippen molar-refractivity contribution >= 4 is 39.1 Å². The van der Waals surface area contributed by atoms with Crippen molar-refractivity contribution in [3.8, 4) is 11.5 Å². The first-order valence-electron chi connectivity index (χ1n) is 4.16. The molecule has 0 aliphatic heterocycles. The molecule has 0 bridgehead atoms. The van der Waals surface area contributed by atoms with Crippen molar-refractivity contribution < 1.29 is 4.42 Å². The molecular formula is C10H6BrCl2NO. The lowest BCUT2D eigenvalue weighted by Gasteiger charge is -1.97. The molecule has 2 nitrogen and oxygen atoms in total. The third kappa shape index (κ3) is 2.54. The molecule has 0 spiro atoms. The number of oxazole rings is 1. The van der Waals surface area contributed by atoms with Gasteiger partial charge in [0.15, 0.2) is 0 Å². The maximum Gasteiger partial charge on any atom is 0.226 e. The van der Waals surface area contributed by atoms with Gasteiger partial charge in [-0.25, -0.2) is 4.98 Å². The van der Waals surface area contributed by atoms with Gasteiger partial charge in [-0.1, -0.05) is 27.5 Å². The van der Waals surface area contributed by atoms with Crippen LogP contribution in [0.2, 0.25) is 5.02 Å². The van der Waals surface area contributed by atoms with E-state index in [1.165, 1.54) is 6.26 Å². The van der Waals surface area contributed by atoms with E-state index in [0.717, 1.165) is 10.0 Å². The van der Waals surface area contributed by atoms with Crippen LogP contribution in [0.15, 0.2) is 33.4 Å². The zero-order valence-electron chi connectivity index (χ0n) is 7.51. The number of benzene rings is 1. The van der Waals surface area contributed by atoms with E-state index < -0.39 is 0 Å². The quantitative estimate of drug-likeness (QED) is 0.764. The van der Waals surface area contributed by atoms with Crippen LogP contribution in [-0.4, -0.2) is 4.98 Å². The van der Waals surface area contributed by atoms with Crippen molar-refractivity contribution in [2.75, 3.05) is 0 Å². The molecule has 0 saturated carbocycles. The molecule has 0 atom stereocenters. The van der Waals surface area contributed by atoms with Gasteiger partial charge in [0.1, 0.15) is 6.26 Å². The minimum atomic E-state index is 0.339. The smallest absolute Gasteiger partial charge is 0.226 e. The fourth-order valence-electron chi connectivity index (χ4n) is 1.18. The molecule has 0 radical (unpaired) electrons. The highest BCUT2D eigenvalue weighted by Gasteiger charge is 2.07. The number of nitrogens with zero attached hydrogens (tertiary/aromatic N) is 1. The van der Waals surface area contributed by atoms with Gasteiger partial charge in [-0.2, -0.15) is 0 Å². The lowest BCUT2D eigenvalue weighted by atomic mass is 10.2. The van der Waals surface area contributed by atoms with Crippen molar-refractivity contribution in [2.45, 2.75) is 5.88 Å². The summed E-state index contributed by atoms with van der Waals surface area (Å²) in [4.78, 5) is 4.20. The molecule has 2 aromatic rings. The van der Waals surface area contributed by atoms with E-state index in [-0.39, 0.29) is 0 Å². The SMILES string of the molecule is ClCc1coc(-c2cc(Cl)cc(Br)c2)n1. The fourth-order valence-corrected chi connectivity index (χ4v) is 2.16. The lowest BCUT2D eigenvalue weighted by molar-refractivity contribution is 0.573. The van der Waals surface area contributed by atoms with E-state index in [2.05, 4.69) is 20.9 Å². The van der Waals surface area contributed by atoms with Gasteiger partial charge in [-0.3, -0.25) is 0 Å². The highest BCUT2D eigenvalue weighted by atomic mass is 79.9. The van der Waals surface area contributed by atoms with Crippen molar-refractivity contribution in [3.63, 3.8) is 0 Å². The summed E-state index contributed by atoms with van der Waals surface area (Å²) in [6, 6.07) is 5.47. The lowest BCUT2D eigenvalue weighted by Crippen LogP contribution is -1.80. The molecule has 5 heteroatoms. The van der Waals surface area contributed by atoms with Crippen LogP contribution in [0.3, 0.4) is 0 Å². The second-order valence-corrected chi connectivity index (χ2v) is 4.56. The van der Waals surface area contributed by atoms with Crippen molar-refractivity contribution in [2.24, 2.45) is 0 Å². The topological polar surface area (TPSA) is 26.0 Å². The van der Waals surface area contributed by atoms with Crippen LogP contribution in [0.5, 0.6) is 0 Å². The Kier molecular flexibility index (Phi) is 3.34. The Hall–Kier alpha value is -0.510. The highest BCUT2D eigenvalue weighted by Crippen LogP contribution is 2.27. The number of alkyl halides is 1. The van der Waals surface area contributed by atoms with Gasteiger partial charge < -0.3 is 4.42 Å². The van der Waals surface area contributed by atoms with Gasteiger partial charge in [-0.15, -0.1) is 11.6 Å². The van der Waals surface area contributed by atoms with Crippen LogP contribution in [0.25, 0.3) is 11.5 Å². The second kappa shape index (κ2) is 4.56. The Morgan fingerprint density at radius 3 is 2.73 bits per heavy atom. The molecule has 1 aromatic heterocycles. The molecule has 2 rings (SSSR count). The molecule has 15 heavy (non-hydrogen) atoms. The largest absolute Gasteiger partial charge is 0.444 e. The Bertz CT molecular complexity index is 464. The van der Waals surface area contributed by atoms with Gasteiger partial charge in [0.2, 0.25) is 5.89 Å². The van der Waals surface area contributed by atoms with E-state index in [9.17, 15) is 0 Å². The number of aromatic nitrogens is 1. The Morgan fingerprint density at radius 1 is 1.33 bits per heavy atom. The standard InChI is InChI=1S/C10H6BrCl2NO/c11-7-1-6(2-8(13)3-7)10-14-9(4-12)5-15-10/h1-3,5H,4H2. The van der Waals surface area contributed by atoms with Crippen molar-refractivity contribution in [1.29, 1.82) is 0 Å². The Morgan fingerprint density at radius 2 is 2.13 bits per heavy atom. The summed E-state index contributed by atoms with van der Waals surface area (Å²) >= 11 is 14.9. The minimum absolute atomic E-state index is 0.339. The molecule has 0 saturated heterocycles. The summed E-state index contributed by atoms with van der Waals surface area (Å²) in [7, 11) is 0. The van der Waals surface area contributed by atoms with Crippen molar-refractivity contribution in [3.05, 3.63) is 39.7 Å². The molecule has 0 aliphatic rings. The predicted octanol–water partition coefficient (Wildman–Crippen LogP) is 4.50. The average Bonchev–Trinajstić information content (AvgIpc) is 2.64. The third-order valence-corrected chi connectivity index (χ3v) is 2.75. The van der Waals surface area contributed by atoms with Gasteiger partial charge in [0, 0.05) is 15.1 Å². The first-order chi connectivity index (χ1) is 7.19. The molecule has 78 valence electrons. The van der Waals surface area contributed by atoms with E-state index >= 15 is 0 Å². The molecule has 0 N–H and O–H groups in total. The molecule has 1 heterocycles. The van der Waals surface area contributed by atoms with Crippen LogP contribution in [0.4, 0.5) is 0 Å². The normalized spacial score (nSPS) is 10.6. The summed E-state index contributed by atoms with van der Waals surface area (Å²) in [6.45, 7) is 0. The Balaban J connectivity index is 2.44. The first kappa shape index (κ1) is 11.0. The maximum absolute atomic E-state index is 5.92. The van der Waals surface area contributed by atoms with Crippen LogP contribution in [-0.2, 0) is 5.88 Å². The summed E-state index contributed by atoms with van der Waals surface area (Å²) < 4.78 is 6.16. The second-order valence-electron chi connectivity index (χ2n) is 2.94. The summed E-state index contributed by atoms with van der Waals surface area (Å²) in [5.74, 6) is 0.861. The molecule has 0 aliphatic carbocycles. The zero-order chi connectivity index (χ0) is 10.8. The number of halogens is 3. The van der Waals surface area contributed by atoms with Gasteiger partial charge in [-0.05, 0) is 18.2 Å². The van der Waals surface area contributed by atoms with Crippen LogP contribution in [0.1, 0.15) is 5.69 Å². The van der Waals surface area contributed by atoms with Crippen molar-refractivity contribution in [1.82, 2.24) is 4.98 Å². The van der Waals surface area contributed by atoms with E-state index in [0.29, 0.717) is 22.5 Å². The van der Waals surface area contributed by atoms with E-state index in [4.69, 9.17) is 27.6 Å². The van der Waals surface area contributed by atoms with Gasteiger partial charge >= 0.3 is 0 Å². The van der Waals surface area contributed by atoms with Crippen LogP contribution < -0.4 is 0 Å². The van der Waals surface area contributed by atoms with E-state index in [1.54, 1.807) is 12.1 Å². The highest BCUT2D eigenvalue weighted by molar-refractivity contribution is 9.10. The summed E-state index contributed by atoms with van der Waals surface area (Å²) in [6.07, 6.45) is 1.54. The third-order valence-electron chi connectivity index (χ3n) is 1.80. The maximum atomic E-state index is 5.92. The molecule has 0 unspecified atom stereocenters. The summed E-state index contributed by atoms with van der Waals surface area (Å²) in [5.41, 5.74) is 1.54. The number of hydrogen-bond acceptors (Lipinski definition) is 2. The Labute approximate surface area is 105 Å². The summed E-state index contributed by atoms with van der Waals surface area (Å²) in [5, 5.41) is 0.630. The monoisotopic (exact) mass is 305 g/mol. The van der Waals surface area contributed by atoms with Crippen LogP contribution >= 0.6 is 39.1 Å². The zero-order valence-corrected chi connectivity index (χ0v) is 10.6. The fraction of sp³-hybridized carbons (Fsp3) is 0.100. The molecular weight excluding hydrogens is 301 g/mol. The molecule has 0 amide bonds. The van der Waals surface area contributed by atoms with E-state index in [1.807, 2.05) is 6.07 Å². The minimum Gasteiger partial charge on any atom is -0.444 e. The number of hydrogen-bond donors (Lipinski definition) is 0.